The summed E-state index contributed by atoms with van der Waals surface area (Å²) in [7, 11) is 0. The normalized spacial score (nSPS) is 20.3. The van der Waals surface area contributed by atoms with Gasteiger partial charge in [0.25, 0.3) is 11.8 Å². The molecule has 0 radical (unpaired) electrons. The summed E-state index contributed by atoms with van der Waals surface area (Å²) in [6, 6.07) is 0.753. The molecule has 0 spiro atoms. The van der Waals surface area contributed by atoms with Gasteiger partial charge in [-0.15, -0.1) is 0 Å². The van der Waals surface area contributed by atoms with Crippen LogP contribution < -0.4 is 16.2 Å². The quantitative estimate of drug-likeness (QED) is 0.580. The number of ether oxygens (including phenoxy) is 1. The molecule has 10 nitrogen and oxygen atoms in total. The highest BCUT2D eigenvalue weighted by Crippen LogP contribution is 2.31. The summed E-state index contributed by atoms with van der Waals surface area (Å²) < 4.78 is 29.9. The van der Waals surface area contributed by atoms with Crippen LogP contribution in [-0.4, -0.2) is 57.8 Å². The number of fused-ring (bicyclic) bond motifs is 1. The summed E-state index contributed by atoms with van der Waals surface area (Å²) in [5.41, 5.74) is 3.43. The zero-order chi connectivity index (χ0) is 24.3. The molecule has 0 aromatic carbocycles. The molecule has 0 unspecified atom stereocenters. The monoisotopic (exact) mass is 467 g/mol. The van der Waals surface area contributed by atoms with Crippen molar-refractivity contribution in [1.29, 1.82) is 0 Å². The van der Waals surface area contributed by atoms with E-state index in [0.29, 0.717) is 18.5 Å². The first-order valence-corrected chi connectivity index (χ1v) is 10.6. The third-order valence-corrected chi connectivity index (χ3v) is 5.37. The van der Waals surface area contributed by atoms with Gasteiger partial charge in [0, 0.05) is 6.20 Å². The van der Waals surface area contributed by atoms with Crippen molar-refractivity contribution in [1.82, 2.24) is 26.1 Å². The number of alkyl carbamates (subject to hydrolysis) is 1. The maximum atomic E-state index is 13.1. The molecule has 1 aliphatic heterocycles. The molecule has 1 aromatic rings. The number of nitrogens with zero attached hydrogens (tertiary/aromatic N) is 2. The second-order valence-electron chi connectivity index (χ2n) is 9.00. The fourth-order valence-electron chi connectivity index (χ4n) is 3.94. The summed E-state index contributed by atoms with van der Waals surface area (Å²) in [6.45, 7) is 5.52. The van der Waals surface area contributed by atoms with E-state index in [4.69, 9.17) is 4.74 Å². The molecule has 1 aromatic heterocycles. The Bertz CT molecular complexity index is 949. The molecule has 3 rings (SSSR count). The van der Waals surface area contributed by atoms with Crippen LogP contribution in [0.1, 0.15) is 72.9 Å². The van der Waals surface area contributed by atoms with Crippen molar-refractivity contribution in [2.24, 2.45) is 0 Å². The number of nitrogens with one attached hydrogen (secondary N) is 3. The first kappa shape index (κ1) is 24.3. The van der Waals surface area contributed by atoms with Gasteiger partial charge in [-0.25, -0.2) is 4.79 Å². The number of halogens is 2. The van der Waals surface area contributed by atoms with Crippen molar-refractivity contribution in [2.45, 2.75) is 77.1 Å². The lowest BCUT2D eigenvalue weighted by Gasteiger charge is -2.38. The number of rotatable bonds is 4. The molecule has 3 N–H and O–H groups in total. The largest absolute Gasteiger partial charge is 0.444 e. The number of carbonyl (C=O) groups excluding carboxylic acids is 4. The van der Waals surface area contributed by atoms with Crippen LogP contribution in [0.5, 0.6) is 0 Å². The number of hydrogen-bond donors (Lipinski definition) is 3. The van der Waals surface area contributed by atoms with Gasteiger partial charge in [0.05, 0.1) is 35.4 Å². The van der Waals surface area contributed by atoms with E-state index < -0.39 is 29.9 Å². The molecule has 33 heavy (non-hydrogen) atoms. The number of pyridine rings is 1. The average Bonchev–Trinajstić information content (AvgIpc) is 3.06. The van der Waals surface area contributed by atoms with E-state index in [1.165, 1.54) is 12.3 Å². The molecule has 180 valence electrons. The fraction of sp³-hybridized carbons (Fsp3) is 0.571. The Labute approximate surface area is 189 Å². The zero-order valence-electron chi connectivity index (χ0n) is 18.6. The number of carbonyl (C=O) groups is 4. The van der Waals surface area contributed by atoms with Gasteiger partial charge in [0.15, 0.2) is 0 Å². The van der Waals surface area contributed by atoms with E-state index in [0.717, 1.165) is 12.8 Å². The number of hydrogen-bond acceptors (Lipinski definition) is 6. The van der Waals surface area contributed by atoms with E-state index in [1.807, 2.05) is 5.43 Å². The molecule has 12 heteroatoms. The molecule has 0 saturated heterocycles. The van der Waals surface area contributed by atoms with E-state index in [9.17, 15) is 28.0 Å². The molecule has 0 bridgehead atoms. The van der Waals surface area contributed by atoms with Crippen LogP contribution >= 0.6 is 0 Å². The Morgan fingerprint density at radius 2 is 1.88 bits per heavy atom. The van der Waals surface area contributed by atoms with Gasteiger partial charge in [-0.2, -0.15) is 8.78 Å². The summed E-state index contributed by atoms with van der Waals surface area (Å²) in [6.07, 6.45) is 0.544. The zero-order valence-corrected chi connectivity index (χ0v) is 18.6. The summed E-state index contributed by atoms with van der Waals surface area (Å²) in [5.74, 6) is -2.88. The Hall–Kier alpha value is -3.31. The van der Waals surface area contributed by atoms with Gasteiger partial charge < -0.3 is 15.0 Å². The third-order valence-electron chi connectivity index (χ3n) is 5.37. The van der Waals surface area contributed by atoms with Crippen LogP contribution in [0.2, 0.25) is 0 Å². The molecule has 2 atom stereocenters. The van der Waals surface area contributed by atoms with Crippen molar-refractivity contribution in [3.05, 3.63) is 29.1 Å². The van der Waals surface area contributed by atoms with Crippen molar-refractivity contribution in [3.63, 3.8) is 0 Å². The predicted molar refractivity (Wildman–Crippen MR) is 111 cm³/mol. The van der Waals surface area contributed by atoms with Gasteiger partial charge in [-0.05, 0) is 39.7 Å². The highest BCUT2D eigenvalue weighted by molar-refractivity contribution is 6.02. The second kappa shape index (κ2) is 9.67. The average molecular weight is 467 g/mol. The minimum absolute atomic E-state index is 0.0643. The number of amides is 4. The van der Waals surface area contributed by atoms with Gasteiger partial charge in [0.1, 0.15) is 5.60 Å². The molecular weight excluding hydrogens is 440 g/mol. The maximum absolute atomic E-state index is 13.1. The van der Waals surface area contributed by atoms with Crippen molar-refractivity contribution < 1.29 is 32.7 Å². The van der Waals surface area contributed by atoms with Crippen LogP contribution in [0.3, 0.4) is 0 Å². The summed E-state index contributed by atoms with van der Waals surface area (Å²) in [4.78, 5) is 54.3. The number of alkyl halides is 2. The summed E-state index contributed by atoms with van der Waals surface area (Å²) >= 11 is 0. The molecule has 2 heterocycles. The van der Waals surface area contributed by atoms with Crippen LogP contribution in [0, 0.1) is 0 Å². The standard InChI is InChI=1S/C21H27F2N5O5/c1-21(2,3)33-20(32)25-13-6-4-5-7-15(13)28-10-14-12(19(28)31)8-11(9-24-14)17(29)26-27-18(30)16(22)23/h8-9,13,15-16H,4-7,10H2,1-3H3,(H,25,32)(H,26,29)(H,27,30)/t13-,15-/m1/s1. The number of aromatic nitrogens is 1. The minimum Gasteiger partial charge on any atom is -0.444 e. The van der Waals surface area contributed by atoms with Gasteiger partial charge >= 0.3 is 18.4 Å². The Balaban J connectivity index is 1.70. The van der Waals surface area contributed by atoms with Crippen LogP contribution in [0.15, 0.2) is 12.3 Å². The van der Waals surface area contributed by atoms with Crippen molar-refractivity contribution in [2.75, 3.05) is 0 Å². The van der Waals surface area contributed by atoms with E-state index in [-0.39, 0.29) is 35.7 Å². The van der Waals surface area contributed by atoms with E-state index in [2.05, 4.69) is 10.3 Å². The first-order chi connectivity index (χ1) is 15.5. The second-order valence-corrected chi connectivity index (χ2v) is 9.00. The highest BCUT2D eigenvalue weighted by atomic mass is 19.3. The lowest BCUT2D eigenvalue weighted by molar-refractivity contribution is -0.132. The highest BCUT2D eigenvalue weighted by Gasteiger charge is 2.40. The summed E-state index contributed by atoms with van der Waals surface area (Å²) in [5, 5.41) is 2.87. The molecule has 1 aliphatic carbocycles. The van der Waals surface area contributed by atoms with Crippen molar-refractivity contribution in [3.8, 4) is 0 Å². The van der Waals surface area contributed by atoms with Gasteiger partial charge in [-0.1, -0.05) is 12.8 Å². The lowest BCUT2D eigenvalue weighted by atomic mass is 9.89. The third kappa shape index (κ3) is 5.93. The molecule has 1 fully saturated rings. The smallest absolute Gasteiger partial charge is 0.407 e. The Morgan fingerprint density at radius 1 is 1.18 bits per heavy atom. The predicted octanol–water partition coefficient (Wildman–Crippen LogP) is 1.90. The SMILES string of the molecule is CC(C)(C)OC(=O)N[C@@H]1CCCC[C@H]1N1Cc2ncc(C(=O)NNC(=O)C(F)F)cc2C1=O. The Kier molecular flexibility index (Phi) is 7.13. The minimum atomic E-state index is -3.28. The number of hydrazine groups is 1. The molecular formula is C21H27F2N5O5. The van der Waals surface area contributed by atoms with Crippen LogP contribution in [0.4, 0.5) is 13.6 Å². The van der Waals surface area contributed by atoms with E-state index in [1.54, 1.807) is 31.1 Å². The Morgan fingerprint density at radius 3 is 2.55 bits per heavy atom. The van der Waals surface area contributed by atoms with Gasteiger partial charge in [0.2, 0.25) is 0 Å². The maximum Gasteiger partial charge on any atom is 0.407 e. The first-order valence-electron chi connectivity index (χ1n) is 10.6. The fourth-order valence-corrected chi connectivity index (χ4v) is 3.94. The molecule has 4 amide bonds. The topological polar surface area (TPSA) is 130 Å². The van der Waals surface area contributed by atoms with Crippen LogP contribution in [-0.2, 0) is 16.1 Å². The molecule has 1 saturated carbocycles. The van der Waals surface area contributed by atoms with E-state index >= 15 is 0 Å². The van der Waals surface area contributed by atoms with Gasteiger partial charge in [-0.3, -0.25) is 30.2 Å². The van der Waals surface area contributed by atoms with Crippen molar-refractivity contribution >= 4 is 23.8 Å². The molecule has 2 aliphatic rings. The van der Waals surface area contributed by atoms with Crippen LogP contribution in [0.25, 0.3) is 0 Å². The lowest BCUT2D eigenvalue weighted by Crippen LogP contribution is -2.54.